The first-order valence-electron chi connectivity index (χ1n) is 5.47. The van der Waals surface area contributed by atoms with Crippen molar-refractivity contribution < 1.29 is 0 Å². The number of nitriles is 1. The summed E-state index contributed by atoms with van der Waals surface area (Å²) in [4.78, 5) is 2.23. The average molecular weight is 216 g/mol. The summed E-state index contributed by atoms with van der Waals surface area (Å²) in [7, 11) is 1.90. The minimum atomic E-state index is 0.706. The maximum atomic E-state index is 9.16. The summed E-state index contributed by atoms with van der Waals surface area (Å²) in [6, 6.07) is 2.25. The second-order valence-electron chi connectivity index (χ2n) is 4.28. The van der Waals surface area contributed by atoms with Crippen LogP contribution in [0.1, 0.15) is 24.6 Å². The highest BCUT2D eigenvalue weighted by Gasteiger charge is 2.20. The first kappa shape index (κ1) is 10.7. The minimum Gasteiger partial charge on any atom is -0.351 e. The molecule has 4 nitrogen and oxygen atoms in total. The van der Waals surface area contributed by atoms with E-state index in [1.807, 2.05) is 18.7 Å². The molecule has 1 aromatic heterocycles. The normalized spacial score (nSPS) is 15.9. The van der Waals surface area contributed by atoms with Gasteiger partial charge in [-0.1, -0.05) is 11.6 Å². The largest absolute Gasteiger partial charge is 0.351 e. The Labute approximate surface area is 95.8 Å². The van der Waals surface area contributed by atoms with E-state index in [4.69, 9.17) is 5.26 Å². The zero-order valence-electron chi connectivity index (χ0n) is 9.99. The van der Waals surface area contributed by atoms with Gasteiger partial charge in [-0.05, 0) is 20.3 Å². The van der Waals surface area contributed by atoms with E-state index in [0.29, 0.717) is 5.56 Å². The Morgan fingerprint density at radius 3 is 2.81 bits per heavy atom. The summed E-state index contributed by atoms with van der Waals surface area (Å²) in [5.74, 6) is 0.951. The zero-order valence-corrected chi connectivity index (χ0v) is 9.99. The second-order valence-corrected chi connectivity index (χ2v) is 4.28. The van der Waals surface area contributed by atoms with Crippen molar-refractivity contribution in [2.75, 3.05) is 18.0 Å². The molecule has 0 fully saturated rings. The fourth-order valence-corrected chi connectivity index (χ4v) is 2.23. The number of hydrogen-bond donors (Lipinski definition) is 0. The number of rotatable bonds is 1. The second kappa shape index (κ2) is 4.01. The average Bonchev–Trinajstić information content (AvgIpc) is 2.52. The molecule has 84 valence electrons. The molecule has 0 atom stereocenters. The van der Waals surface area contributed by atoms with Gasteiger partial charge in [-0.3, -0.25) is 4.68 Å². The van der Waals surface area contributed by atoms with Gasteiger partial charge >= 0.3 is 0 Å². The summed E-state index contributed by atoms with van der Waals surface area (Å²) >= 11 is 0. The van der Waals surface area contributed by atoms with Gasteiger partial charge in [-0.25, -0.2) is 0 Å². The molecule has 1 aliphatic heterocycles. The molecule has 0 aromatic carbocycles. The molecule has 0 unspecified atom stereocenters. The van der Waals surface area contributed by atoms with E-state index < -0.39 is 0 Å². The highest BCUT2D eigenvalue weighted by Crippen LogP contribution is 2.25. The molecule has 16 heavy (non-hydrogen) atoms. The highest BCUT2D eigenvalue weighted by atomic mass is 15.4. The molecule has 1 aromatic rings. The van der Waals surface area contributed by atoms with Crippen molar-refractivity contribution in [1.29, 1.82) is 5.26 Å². The van der Waals surface area contributed by atoms with Crippen LogP contribution in [0.5, 0.6) is 0 Å². The molecule has 0 spiro atoms. The molecule has 0 saturated carbocycles. The Hall–Kier alpha value is -1.76. The summed E-state index contributed by atoms with van der Waals surface area (Å²) in [5.41, 5.74) is 2.87. The standard InChI is InChI=1S/C12H16N4/c1-9-5-4-6-16(8-9)12-11(7-13)10(2)14-15(12)3/h5H,4,6,8H2,1-3H3. The van der Waals surface area contributed by atoms with Crippen LogP contribution in [0.15, 0.2) is 11.6 Å². The highest BCUT2D eigenvalue weighted by molar-refractivity contribution is 5.58. The monoisotopic (exact) mass is 216 g/mol. The lowest BCUT2D eigenvalue weighted by Gasteiger charge is -2.28. The summed E-state index contributed by atoms with van der Waals surface area (Å²) < 4.78 is 1.81. The van der Waals surface area contributed by atoms with Crippen LogP contribution in [-0.4, -0.2) is 22.9 Å². The third-order valence-corrected chi connectivity index (χ3v) is 2.94. The van der Waals surface area contributed by atoms with Crippen LogP contribution in [0.4, 0.5) is 5.82 Å². The first-order valence-corrected chi connectivity index (χ1v) is 5.47. The Bertz CT molecular complexity index is 476. The Morgan fingerprint density at radius 1 is 1.44 bits per heavy atom. The molecule has 1 aliphatic rings. The van der Waals surface area contributed by atoms with E-state index in [2.05, 4.69) is 29.1 Å². The van der Waals surface area contributed by atoms with Crippen molar-refractivity contribution in [3.8, 4) is 6.07 Å². The van der Waals surface area contributed by atoms with Crippen molar-refractivity contribution in [3.63, 3.8) is 0 Å². The van der Waals surface area contributed by atoms with Crippen molar-refractivity contribution in [3.05, 3.63) is 22.9 Å². The SMILES string of the molecule is CC1=CCCN(c2c(C#N)c(C)nn2C)C1. The van der Waals surface area contributed by atoms with Crippen LogP contribution in [0.25, 0.3) is 0 Å². The third kappa shape index (κ3) is 1.69. The molecule has 0 N–H and O–H groups in total. The predicted octanol–water partition coefficient (Wildman–Crippen LogP) is 1.76. The number of aromatic nitrogens is 2. The van der Waals surface area contributed by atoms with Gasteiger partial charge in [0.2, 0.25) is 0 Å². The van der Waals surface area contributed by atoms with Crippen molar-refractivity contribution in [2.45, 2.75) is 20.3 Å². The molecule has 2 heterocycles. The molecule has 0 bridgehead atoms. The quantitative estimate of drug-likeness (QED) is 0.672. The Morgan fingerprint density at radius 2 is 2.19 bits per heavy atom. The summed E-state index contributed by atoms with van der Waals surface area (Å²) in [6.45, 7) is 5.87. The lowest BCUT2D eigenvalue weighted by molar-refractivity contribution is 0.697. The molecule has 4 heteroatoms. The van der Waals surface area contributed by atoms with Gasteiger partial charge in [0, 0.05) is 20.1 Å². The number of hydrogen-bond acceptors (Lipinski definition) is 3. The molecule has 2 rings (SSSR count). The lowest BCUT2D eigenvalue weighted by Crippen LogP contribution is -2.31. The van der Waals surface area contributed by atoms with Crippen molar-refractivity contribution >= 4 is 5.82 Å². The van der Waals surface area contributed by atoms with E-state index in [1.165, 1.54) is 5.57 Å². The van der Waals surface area contributed by atoms with Crippen LogP contribution < -0.4 is 4.90 Å². The van der Waals surface area contributed by atoms with Crippen molar-refractivity contribution in [2.24, 2.45) is 7.05 Å². The number of anilines is 1. The van der Waals surface area contributed by atoms with Crippen LogP contribution in [0.3, 0.4) is 0 Å². The van der Waals surface area contributed by atoms with Gasteiger partial charge in [0.05, 0.1) is 5.69 Å². The van der Waals surface area contributed by atoms with Gasteiger partial charge in [0.25, 0.3) is 0 Å². The fourth-order valence-electron chi connectivity index (χ4n) is 2.23. The molecule has 0 radical (unpaired) electrons. The maximum absolute atomic E-state index is 9.16. The van der Waals surface area contributed by atoms with E-state index in [1.54, 1.807) is 0 Å². The lowest BCUT2D eigenvalue weighted by atomic mass is 10.1. The number of aryl methyl sites for hydroxylation is 2. The molecular formula is C12H16N4. The van der Waals surface area contributed by atoms with E-state index in [0.717, 1.165) is 31.0 Å². The zero-order chi connectivity index (χ0) is 11.7. The van der Waals surface area contributed by atoms with Crippen LogP contribution in [-0.2, 0) is 7.05 Å². The van der Waals surface area contributed by atoms with Crippen LogP contribution in [0.2, 0.25) is 0 Å². The van der Waals surface area contributed by atoms with E-state index in [9.17, 15) is 0 Å². The third-order valence-electron chi connectivity index (χ3n) is 2.94. The molecule has 0 amide bonds. The summed E-state index contributed by atoms with van der Waals surface area (Å²) in [5, 5.41) is 13.5. The first-order chi connectivity index (χ1) is 7.63. The topological polar surface area (TPSA) is 44.9 Å². The predicted molar refractivity (Wildman–Crippen MR) is 63.2 cm³/mol. The van der Waals surface area contributed by atoms with Crippen LogP contribution in [0, 0.1) is 18.3 Å². The van der Waals surface area contributed by atoms with Crippen LogP contribution >= 0.6 is 0 Å². The van der Waals surface area contributed by atoms with E-state index in [-0.39, 0.29) is 0 Å². The van der Waals surface area contributed by atoms with E-state index >= 15 is 0 Å². The smallest absolute Gasteiger partial charge is 0.145 e. The Kier molecular flexibility index (Phi) is 2.69. The van der Waals surface area contributed by atoms with Crippen molar-refractivity contribution in [1.82, 2.24) is 9.78 Å². The molecular weight excluding hydrogens is 200 g/mol. The minimum absolute atomic E-state index is 0.706. The maximum Gasteiger partial charge on any atom is 0.145 e. The van der Waals surface area contributed by atoms with Gasteiger partial charge in [-0.15, -0.1) is 0 Å². The van der Waals surface area contributed by atoms with Gasteiger partial charge in [-0.2, -0.15) is 10.4 Å². The molecule has 0 saturated heterocycles. The number of nitrogens with zero attached hydrogens (tertiary/aromatic N) is 4. The van der Waals surface area contributed by atoms with Gasteiger partial charge < -0.3 is 4.90 Å². The van der Waals surface area contributed by atoms with Gasteiger partial charge in [0.1, 0.15) is 17.5 Å². The summed E-state index contributed by atoms with van der Waals surface area (Å²) in [6.07, 6.45) is 3.30. The Balaban J connectivity index is 2.41. The molecule has 0 aliphatic carbocycles. The fraction of sp³-hybridized carbons (Fsp3) is 0.500. The van der Waals surface area contributed by atoms with Gasteiger partial charge in [0.15, 0.2) is 0 Å².